The Kier molecular flexibility index (Phi) is 9.08. The van der Waals surface area contributed by atoms with Crippen LogP contribution in [0.1, 0.15) is 84.6 Å². The Balaban J connectivity index is 1.26. The first-order valence-corrected chi connectivity index (χ1v) is 23.6. The number of anilines is 6. The van der Waals surface area contributed by atoms with Crippen LogP contribution in [-0.4, -0.2) is 6.71 Å². The molecule has 0 amide bonds. The molecule has 9 aromatic rings. The Bertz CT molecular complexity index is 3270. The molecule has 7 aromatic carbocycles. The van der Waals surface area contributed by atoms with Gasteiger partial charge in [-0.25, -0.2) is 0 Å². The number of thiophene rings is 1. The normalized spacial score (nSPS) is 13.7. The molecule has 0 fully saturated rings. The van der Waals surface area contributed by atoms with Crippen molar-refractivity contribution in [1.29, 1.82) is 0 Å². The van der Waals surface area contributed by atoms with E-state index in [1.807, 2.05) is 11.3 Å². The number of hydrogen-bond donors (Lipinski definition) is 0. The summed E-state index contributed by atoms with van der Waals surface area (Å²) >= 11 is 1.93. The highest BCUT2D eigenvalue weighted by molar-refractivity contribution is 7.34. The Morgan fingerprint density at radius 1 is 0.516 bits per heavy atom. The van der Waals surface area contributed by atoms with Gasteiger partial charge in [0.1, 0.15) is 11.3 Å². The highest BCUT2D eigenvalue weighted by Crippen LogP contribution is 2.52. The summed E-state index contributed by atoms with van der Waals surface area (Å²) in [6.07, 6.45) is 0. The number of fused-ring (bicyclic) bond motifs is 8. The van der Waals surface area contributed by atoms with Gasteiger partial charge in [-0.2, -0.15) is 0 Å². The van der Waals surface area contributed by atoms with Crippen LogP contribution in [0.4, 0.5) is 34.1 Å². The van der Waals surface area contributed by atoms with Crippen LogP contribution in [0.5, 0.6) is 0 Å². The monoisotopic (exact) mass is 850 g/mol. The average molecular weight is 851 g/mol. The molecule has 4 heterocycles. The first-order chi connectivity index (χ1) is 30.6. The first-order valence-electron chi connectivity index (χ1n) is 22.8. The molecule has 0 radical (unpaired) electrons. The maximum atomic E-state index is 7.36. The fourth-order valence-corrected chi connectivity index (χ4v) is 11.5. The summed E-state index contributed by atoms with van der Waals surface area (Å²) in [5, 5.41) is 2.29. The number of nitrogens with zero attached hydrogens (tertiary/aromatic N) is 2. The van der Waals surface area contributed by atoms with Gasteiger partial charge in [-0.3, -0.25) is 0 Å². The Morgan fingerprint density at radius 2 is 1.05 bits per heavy atom. The fourth-order valence-electron chi connectivity index (χ4n) is 10.2. The molecule has 5 heteroatoms. The van der Waals surface area contributed by atoms with E-state index in [9.17, 15) is 0 Å². The second-order valence-corrected chi connectivity index (χ2v) is 22.2. The molecule has 0 saturated carbocycles. The molecule has 11 rings (SSSR count). The van der Waals surface area contributed by atoms with Crippen molar-refractivity contribution in [1.82, 2.24) is 0 Å². The van der Waals surface area contributed by atoms with Crippen LogP contribution in [-0.2, 0) is 16.2 Å². The van der Waals surface area contributed by atoms with E-state index in [1.54, 1.807) is 0 Å². The van der Waals surface area contributed by atoms with Crippen LogP contribution in [0.3, 0.4) is 0 Å². The van der Waals surface area contributed by atoms with Crippen LogP contribution >= 0.6 is 11.3 Å². The summed E-state index contributed by atoms with van der Waals surface area (Å²) in [6, 6.07) is 56.8. The molecule has 0 bridgehead atoms. The van der Waals surface area contributed by atoms with Crippen LogP contribution in [0.25, 0.3) is 43.5 Å². The van der Waals surface area contributed by atoms with Gasteiger partial charge in [0.2, 0.25) is 0 Å². The summed E-state index contributed by atoms with van der Waals surface area (Å²) in [6.45, 7) is 23.0. The summed E-state index contributed by atoms with van der Waals surface area (Å²) in [4.78, 5) is 5.12. The van der Waals surface area contributed by atoms with Crippen LogP contribution < -0.4 is 25.5 Å². The molecule has 316 valence electrons. The fraction of sp³-hybridized carbons (Fsp3) is 0.220. The second-order valence-electron chi connectivity index (χ2n) is 21.1. The molecule has 0 atom stereocenters. The zero-order valence-corrected chi connectivity index (χ0v) is 39.5. The number of hydrogen-bond acceptors (Lipinski definition) is 4. The van der Waals surface area contributed by atoms with E-state index >= 15 is 0 Å². The van der Waals surface area contributed by atoms with Crippen molar-refractivity contribution in [2.75, 3.05) is 9.80 Å². The van der Waals surface area contributed by atoms with E-state index in [-0.39, 0.29) is 23.0 Å². The van der Waals surface area contributed by atoms with E-state index in [1.165, 1.54) is 76.5 Å². The number of rotatable bonds is 4. The zero-order chi connectivity index (χ0) is 44.4. The lowest BCUT2D eigenvalue weighted by atomic mass is 9.36. The molecule has 0 aliphatic carbocycles. The molecule has 2 aliphatic rings. The van der Waals surface area contributed by atoms with Gasteiger partial charge in [-0.15, -0.1) is 11.3 Å². The molecule has 3 nitrogen and oxygen atoms in total. The van der Waals surface area contributed by atoms with Crippen LogP contribution in [0, 0.1) is 6.92 Å². The van der Waals surface area contributed by atoms with Crippen molar-refractivity contribution >= 4 is 88.9 Å². The minimum atomic E-state index is -0.0366. The van der Waals surface area contributed by atoms with E-state index in [4.69, 9.17) is 4.42 Å². The highest BCUT2D eigenvalue weighted by Gasteiger charge is 2.46. The maximum absolute atomic E-state index is 7.36. The summed E-state index contributed by atoms with van der Waals surface area (Å²) < 4.78 is 9.92. The molecular weight excluding hydrogens is 796 g/mol. The lowest BCUT2D eigenvalue weighted by Gasteiger charge is -2.44. The van der Waals surface area contributed by atoms with Gasteiger partial charge in [0.05, 0.1) is 11.1 Å². The molecule has 64 heavy (non-hydrogen) atoms. The van der Waals surface area contributed by atoms with E-state index < -0.39 is 0 Å². The van der Waals surface area contributed by atoms with Gasteiger partial charge < -0.3 is 14.2 Å². The van der Waals surface area contributed by atoms with Gasteiger partial charge in [-0.05, 0) is 117 Å². The van der Waals surface area contributed by atoms with Crippen molar-refractivity contribution in [2.45, 2.75) is 85.5 Å². The molecule has 2 aliphatic heterocycles. The van der Waals surface area contributed by atoms with Gasteiger partial charge in [0.25, 0.3) is 6.71 Å². The van der Waals surface area contributed by atoms with Crippen molar-refractivity contribution in [3.8, 4) is 22.5 Å². The average Bonchev–Trinajstić information content (AvgIpc) is 3.85. The number of furan rings is 1. The smallest absolute Gasteiger partial charge is 0.264 e. The topological polar surface area (TPSA) is 19.6 Å². The zero-order valence-electron chi connectivity index (χ0n) is 38.7. The summed E-state index contributed by atoms with van der Waals surface area (Å²) in [5.74, 6) is 0.899. The lowest BCUT2D eigenvalue weighted by Crippen LogP contribution is -2.60. The van der Waals surface area contributed by atoms with E-state index in [2.05, 4.69) is 231 Å². The molecule has 0 saturated heterocycles. The first kappa shape index (κ1) is 40.5. The minimum absolute atomic E-state index is 0.00213. The third kappa shape index (κ3) is 6.38. The standard InChI is InChI=1S/C59H55BN2OS/c1-36-33-47-52-48(34-36)62(43-28-23-40(24-29-43)58(5,6)7)53-51-49(32-30-44-50(37-17-13-11-14-18-37)54(63-55(44)51)38-19-15-12-16-20-38)64-56(53)60(52)45-35-41(59(8,9)10)25-31-46(45)61(47)42-26-21-39(22-27-42)57(2,3)4/h11-35H,1-10H3. The molecule has 2 aromatic heterocycles. The number of benzene rings is 7. The van der Waals surface area contributed by atoms with Gasteiger partial charge in [0.15, 0.2) is 0 Å². The lowest BCUT2D eigenvalue weighted by molar-refractivity contribution is 0.590. The van der Waals surface area contributed by atoms with Crippen LogP contribution in [0.2, 0.25) is 0 Å². The molecule has 0 N–H and O–H groups in total. The maximum Gasteiger partial charge on any atom is 0.264 e. The molecule has 0 spiro atoms. The number of aryl methyl sites for hydroxylation is 1. The summed E-state index contributed by atoms with van der Waals surface area (Å²) in [5.41, 5.74) is 19.4. The third-order valence-electron chi connectivity index (χ3n) is 13.6. The predicted octanol–water partition coefficient (Wildman–Crippen LogP) is 15.3. The van der Waals surface area contributed by atoms with Gasteiger partial charge in [-0.1, -0.05) is 159 Å². The van der Waals surface area contributed by atoms with Crippen molar-refractivity contribution in [3.63, 3.8) is 0 Å². The molecule has 0 unspecified atom stereocenters. The van der Waals surface area contributed by atoms with Crippen LogP contribution in [0.15, 0.2) is 156 Å². The Morgan fingerprint density at radius 3 is 1.62 bits per heavy atom. The van der Waals surface area contributed by atoms with Gasteiger partial charge >= 0.3 is 0 Å². The van der Waals surface area contributed by atoms with Crippen molar-refractivity contribution in [3.05, 3.63) is 174 Å². The quantitative estimate of drug-likeness (QED) is 0.165. The highest BCUT2D eigenvalue weighted by atomic mass is 32.1. The van der Waals surface area contributed by atoms with Gasteiger partial charge in [0, 0.05) is 54.4 Å². The van der Waals surface area contributed by atoms with E-state index in [0.717, 1.165) is 39.1 Å². The minimum Gasteiger partial charge on any atom is -0.455 e. The largest absolute Gasteiger partial charge is 0.455 e. The molecular formula is C59H55BN2OS. The van der Waals surface area contributed by atoms with Crippen molar-refractivity contribution in [2.24, 2.45) is 0 Å². The third-order valence-corrected chi connectivity index (χ3v) is 14.8. The van der Waals surface area contributed by atoms with E-state index in [0.29, 0.717) is 0 Å². The summed E-state index contributed by atoms with van der Waals surface area (Å²) in [7, 11) is 0. The van der Waals surface area contributed by atoms with Crippen molar-refractivity contribution < 1.29 is 4.42 Å². The predicted molar refractivity (Wildman–Crippen MR) is 277 cm³/mol. The Hall–Kier alpha value is -6.30. The Labute approximate surface area is 383 Å². The second kappa shape index (κ2) is 14.4. The SMILES string of the molecule is Cc1cc2c3c(c1)N(c1ccc(C(C)(C)C)cc1)c1c(sc4ccc5c(-c6ccccc6)c(-c6ccccc6)oc5c14)B3c1cc(C(C)(C)C)ccc1N2c1ccc(C(C)(C)C)cc1.